The highest BCUT2D eigenvalue weighted by atomic mass is 79.9. The van der Waals surface area contributed by atoms with Crippen LogP contribution in [-0.4, -0.2) is 6.04 Å². The first-order valence-electron chi connectivity index (χ1n) is 6.64. The van der Waals surface area contributed by atoms with Crippen molar-refractivity contribution in [1.82, 2.24) is 0 Å². The highest BCUT2D eigenvalue weighted by Gasteiger charge is 2.38. The van der Waals surface area contributed by atoms with Crippen molar-refractivity contribution in [3.63, 3.8) is 0 Å². The van der Waals surface area contributed by atoms with Gasteiger partial charge >= 0.3 is 0 Å². The second-order valence-electron chi connectivity index (χ2n) is 5.62. The van der Waals surface area contributed by atoms with E-state index in [0.29, 0.717) is 27.9 Å². The Labute approximate surface area is 120 Å². The normalized spacial score (nSPS) is 29.8. The van der Waals surface area contributed by atoms with Crippen LogP contribution in [0.1, 0.15) is 19.8 Å². The van der Waals surface area contributed by atoms with Crippen LogP contribution in [0.5, 0.6) is 0 Å². The Morgan fingerprint density at radius 1 is 1.26 bits per heavy atom. The third-order valence-corrected chi connectivity index (χ3v) is 4.98. The number of halogens is 3. The number of benzene rings is 1. The molecule has 1 fully saturated rings. The van der Waals surface area contributed by atoms with E-state index in [1.165, 1.54) is 12.5 Å². The van der Waals surface area contributed by atoms with Crippen LogP contribution >= 0.6 is 15.9 Å². The lowest BCUT2D eigenvalue weighted by Gasteiger charge is -2.27. The van der Waals surface area contributed by atoms with E-state index in [2.05, 4.69) is 40.3 Å². The maximum atomic E-state index is 13.8. The fourth-order valence-corrected chi connectivity index (χ4v) is 3.94. The summed E-state index contributed by atoms with van der Waals surface area (Å²) in [4.78, 5) is 0. The SMILES string of the molecule is CC(Nc1c(F)cc(F)cc1Br)C1CC2C=CC1C2. The molecule has 1 saturated carbocycles. The predicted molar refractivity (Wildman–Crippen MR) is 76.0 cm³/mol. The van der Waals surface area contributed by atoms with Gasteiger partial charge in [0.15, 0.2) is 0 Å². The minimum absolute atomic E-state index is 0.177. The molecule has 1 aromatic rings. The zero-order valence-corrected chi connectivity index (χ0v) is 12.3. The van der Waals surface area contributed by atoms with Crippen molar-refractivity contribution in [1.29, 1.82) is 0 Å². The van der Waals surface area contributed by atoms with Crippen molar-refractivity contribution in [2.45, 2.75) is 25.8 Å². The summed E-state index contributed by atoms with van der Waals surface area (Å²) in [5.74, 6) is 0.727. The number of nitrogens with one attached hydrogen (secondary N) is 1. The lowest BCUT2D eigenvalue weighted by molar-refractivity contribution is 0.398. The maximum absolute atomic E-state index is 13.8. The zero-order chi connectivity index (χ0) is 13.6. The summed E-state index contributed by atoms with van der Waals surface area (Å²) in [5, 5.41) is 3.21. The third-order valence-electron chi connectivity index (χ3n) is 4.35. The molecule has 3 rings (SSSR count). The molecule has 0 aromatic heterocycles. The Morgan fingerprint density at radius 3 is 2.63 bits per heavy atom. The van der Waals surface area contributed by atoms with Crippen LogP contribution in [0.4, 0.5) is 14.5 Å². The smallest absolute Gasteiger partial charge is 0.150 e. The summed E-state index contributed by atoms with van der Waals surface area (Å²) in [5.41, 5.74) is 0.362. The van der Waals surface area contributed by atoms with Crippen LogP contribution in [0, 0.1) is 29.4 Å². The van der Waals surface area contributed by atoms with E-state index in [4.69, 9.17) is 0 Å². The molecule has 2 aliphatic carbocycles. The van der Waals surface area contributed by atoms with E-state index in [9.17, 15) is 8.78 Å². The van der Waals surface area contributed by atoms with E-state index in [1.807, 2.05) is 0 Å². The van der Waals surface area contributed by atoms with Crippen molar-refractivity contribution >= 4 is 21.6 Å². The minimum atomic E-state index is -0.564. The average Bonchev–Trinajstić information content (AvgIpc) is 2.95. The largest absolute Gasteiger partial charge is 0.379 e. The first-order chi connectivity index (χ1) is 9.04. The molecule has 0 radical (unpaired) electrons. The standard InChI is InChI=1S/C15H16BrF2N/c1-8(12-5-9-2-3-10(12)4-9)19-15-13(16)6-11(17)7-14(15)18/h2-3,6-10,12,19H,4-5H2,1H3. The zero-order valence-electron chi connectivity index (χ0n) is 10.7. The van der Waals surface area contributed by atoms with Crippen LogP contribution < -0.4 is 5.32 Å². The van der Waals surface area contributed by atoms with Gasteiger partial charge in [-0.05, 0) is 59.5 Å². The van der Waals surface area contributed by atoms with Gasteiger partial charge in [-0.1, -0.05) is 12.2 Å². The molecule has 0 amide bonds. The molecule has 19 heavy (non-hydrogen) atoms. The Bertz CT molecular complexity index is 506. The van der Waals surface area contributed by atoms with Gasteiger partial charge in [-0.25, -0.2) is 8.78 Å². The summed E-state index contributed by atoms with van der Waals surface area (Å²) in [6, 6.07) is 2.38. The van der Waals surface area contributed by atoms with Gasteiger partial charge in [0.1, 0.15) is 11.6 Å². The lowest BCUT2D eigenvalue weighted by atomic mass is 9.87. The lowest BCUT2D eigenvalue weighted by Crippen LogP contribution is -2.29. The van der Waals surface area contributed by atoms with Crippen LogP contribution in [-0.2, 0) is 0 Å². The number of rotatable bonds is 3. The molecule has 4 unspecified atom stereocenters. The van der Waals surface area contributed by atoms with E-state index >= 15 is 0 Å². The quantitative estimate of drug-likeness (QED) is 0.790. The van der Waals surface area contributed by atoms with Gasteiger partial charge in [-0.3, -0.25) is 0 Å². The Morgan fingerprint density at radius 2 is 2.05 bits per heavy atom. The van der Waals surface area contributed by atoms with Crippen molar-refractivity contribution in [3.8, 4) is 0 Å². The molecule has 4 heteroatoms. The molecule has 0 aliphatic heterocycles. The average molecular weight is 328 g/mol. The Kier molecular flexibility index (Phi) is 3.37. The first kappa shape index (κ1) is 13.1. The van der Waals surface area contributed by atoms with E-state index in [0.717, 1.165) is 12.5 Å². The Balaban J connectivity index is 1.77. The van der Waals surface area contributed by atoms with Crippen molar-refractivity contribution in [2.24, 2.45) is 17.8 Å². The Hall–Kier alpha value is -0.900. The van der Waals surface area contributed by atoms with Crippen molar-refractivity contribution in [3.05, 3.63) is 40.4 Å². The molecule has 2 aliphatic rings. The molecule has 4 atom stereocenters. The first-order valence-corrected chi connectivity index (χ1v) is 7.43. The second kappa shape index (κ2) is 4.89. The summed E-state index contributed by atoms with van der Waals surface area (Å²) in [7, 11) is 0. The molecule has 102 valence electrons. The van der Waals surface area contributed by atoms with Gasteiger partial charge in [0.25, 0.3) is 0 Å². The number of hydrogen-bond acceptors (Lipinski definition) is 1. The molecular weight excluding hydrogens is 312 g/mol. The molecule has 2 bridgehead atoms. The fourth-order valence-electron chi connectivity index (χ4n) is 3.41. The van der Waals surface area contributed by atoms with Crippen LogP contribution in [0.2, 0.25) is 0 Å². The number of anilines is 1. The summed E-state index contributed by atoms with van der Waals surface area (Å²) in [6.45, 7) is 2.08. The summed E-state index contributed by atoms with van der Waals surface area (Å²) < 4.78 is 27.3. The number of hydrogen-bond donors (Lipinski definition) is 1. The second-order valence-corrected chi connectivity index (χ2v) is 6.48. The number of fused-ring (bicyclic) bond motifs is 2. The molecule has 1 nitrogen and oxygen atoms in total. The van der Waals surface area contributed by atoms with Crippen molar-refractivity contribution < 1.29 is 8.78 Å². The summed E-state index contributed by atoms with van der Waals surface area (Å²) in [6.07, 6.45) is 6.97. The molecule has 1 N–H and O–H groups in total. The van der Waals surface area contributed by atoms with Gasteiger partial charge in [-0.15, -0.1) is 0 Å². The van der Waals surface area contributed by atoms with Crippen LogP contribution in [0.25, 0.3) is 0 Å². The molecule has 1 aromatic carbocycles. The summed E-state index contributed by atoms with van der Waals surface area (Å²) >= 11 is 3.22. The van der Waals surface area contributed by atoms with Gasteiger partial charge < -0.3 is 5.32 Å². The van der Waals surface area contributed by atoms with E-state index < -0.39 is 11.6 Å². The highest BCUT2D eigenvalue weighted by molar-refractivity contribution is 9.10. The molecule has 0 spiro atoms. The monoisotopic (exact) mass is 327 g/mol. The predicted octanol–water partition coefficient (Wildman–Crippen LogP) is 4.74. The highest BCUT2D eigenvalue weighted by Crippen LogP contribution is 2.45. The maximum Gasteiger partial charge on any atom is 0.150 e. The van der Waals surface area contributed by atoms with Gasteiger partial charge in [0.2, 0.25) is 0 Å². The van der Waals surface area contributed by atoms with E-state index in [1.54, 1.807) is 0 Å². The minimum Gasteiger partial charge on any atom is -0.379 e. The molecular formula is C15H16BrF2N. The van der Waals surface area contributed by atoms with Crippen LogP contribution in [0.3, 0.4) is 0 Å². The topological polar surface area (TPSA) is 12.0 Å². The molecule has 0 heterocycles. The van der Waals surface area contributed by atoms with Gasteiger partial charge in [0.05, 0.1) is 5.69 Å². The van der Waals surface area contributed by atoms with Gasteiger partial charge in [-0.2, -0.15) is 0 Å². The number of allylic oxidation sites excluding steroid dienone is 2. The van der Waals surface area contributed by atoms with E-state index in [-0.39, 0.29) is 6.04 Å². The fraction of sp³-hybridized carbons (Fsp3) is 0.467. The van der Waals surface area contributed by atoms with Gasteiger partial charge in [0, 0.05) is 16.6 Å². The van der Waals surface area contributed by atoms with Crippen molar-refractivity contribution in [2.75, 3.05) is 5.32 Å². The van der Waals surface area contributed by atoms with Crippen LogP contribution in [0.15, 0.2) is 28.8 Å². The third kappa shape index (κ3) is 2.42. The molecule has 0 saturated heterocycles.